The van der Waals surface area contributed by atoms with Crippen LogP contribution in [0.5, 0.6) is 0 Å². The van der Waals surface area contributed by atoms with Crippen LogP contribution in [0.1, 0.15) is 131 Å². The van der Waals surface area contributed by atoms with E-state index in [-0.39, 0.29) is 52.2 Å². The highest BCUT2D eigenvalue weighted by Gasteiger charge is 2.74. The van der Waals surface area contributed by atoms with E-state index in [4.69, 9.17) is 9.47 Å². The zero-order chi connectivity index (χ0) is 30.3. The number of carbonyl (C=O) groups is 2. The predicted molar refractivity (Wildman–Crippen MR) is 162 cm³/mol. The van der Waals surface area contributed by atoms with Crippen LogP contribution in [0.2, 0.25) is 0 Å². The molecule has 1 heterocycles. The Morgan fingerprint density at radius 3 is 2.24 bits per heavy atom. The highest BCUT2D eigenvalue weighted by atomic mass is 16.6. The normalized spacial score (nSPS) is 50.5. The van der Waals surface area contributed by atoms with Crippen molar-refractivity contribution in [2.45, 2.75) is 143 Å². The largest absolute Gasteiger partial charge is 0.481 e. The summed E-state index contributed by atoms with van der Waals surface area (Å²) in [7, 11) is 0. The number of hydrogen-bond donors (Lipinski definition) is 2. The molecule has 0 radical (unpaired) electrons. The van der Waals surface area contributed by atoms with Gasteiger partial charge in [-0.2, -0.15) is 0 Å². The molecule has 2 N–H and O–H groups in total. The summed E-state index contributed by atoms with van der Waals surface area (Å²) in [5, 5.41) is 21.9. The second-order valence-corrected chi connectivity index (χ2v) is 17.1. The van der Waals surface area contributed by atoms with Gasteiger partial charge in [-0.15, -0.1) is 0 Å². The van der Waals surface area contributed by atoms with Crippen molar-refractivity contribution in [3.8, 4) is 0 Å². The number of aliphatic carboxylic acids is 1. The number of carboxylic acids is 1. The molecule has 0 aromatic heterocycles. The van der Waals surface area contributed by atoms with Crippen molar-refractivity contribution >= 4 is 11.9 Å². The van der Waals surface area contributed by atoms with Crippen LogP contribution < -0.4 is 0 Å². The molecule has 1 aliphatic heterocycles. The van der Waals surface area contributed by atoms with Gasteiger partial charge in [-0.25, -0.2) is 0 Å². The van der Waals surface area contributed by atoms with Gasteiger partial charge in [0.1, 0.15) is 12.2 Å². The number of aliphatic hydroxyl groups is 1. The molecule has 11 atom stereocenters. The van der Waals surface area contributed by atoms with Crippen molar-refractivity contribution in [1.82, 2.24) is 0 Å². The molecule has 0 aromatic rings. The predicted octanol–water partition coefficient (Wildman–Crippen LogP) is 7.41. The minimum atomic E-state index is -0.694. The molecule has 6 aliphatic rings. The van der Waals surface area contributed by atoms with E-state index in [1.165, 1.54) is 0 Å². The third-order valence-corrected chi connectivity index (χ3v) is 15.5. The maximum absolute atomic E-state index is 13.2. The topological polar surface area (TPSA) is 96.4 Å². The highest BCUT2D eigenvalue weighted by molar-refractivity contribution is 5.76. The summed E-state index contributed by atoms with van der Waals surface area (Å²) in [4.78, 5) is 25.8. The lowest BCUT2D eigenvalue weighted by molar-refractivity contribution is -0.250. The van der Waals surface area contributed by atoms with Gasteiger partial charge in [-0.3, -0.25) is 9.59 Å². The van der Waals surface area contributed by atoms with Crippen molar-refractivity contribution < 1.29 is 29.3 Å². The number of ether oxygens (including phenoxy) is 2. The summed E-state index contributed by atoms with van der Waals surface area (Å²) >= 11 is 0. The van der Waals surface area contributed by atoms with Crippen LogP contribution in [0, 0.1) is 56.7 Å². The van der Waals surface area contributed by atoms with Gasteiger partial charge in [-0.05, 0) is 122 Å². The van der Waals surface area contributed by atoms with Crippen molar-refractivity contribution in [1.29, 1.82) is 0 Å². The summed E-state index contributed by atoms with van der Waals surface area (Å²) in [5.74, 6) is 0.857. The first-order valence-corrected chi connectivity index (χ1v) is 17.4. The first-order chi connectivity index (χ1) is 19.7. The third-order valence-electron chi connectivity index (χ3n) is 15.5. The van der Waals surface area contributed by atoms with Gasteiger partial charge in [-0.1, -0.05) is 54.4 Å². The Morgan fingerprint density at radius 1 is 0.833 bits per heavy atom. The lowest BCUT2D eigenvalue weighted by Crippen LogP contribution is -2.67. The molecule has 6 fully saturated rings. The second kappa shape index (κ2) is 10.2. The van der Waals surface area contributed by atoms with E-state index in [9.17, 15) is 19.8 Å². The molecule has 0 aromatic carbocycles. The zero-order valence-corrected chi connectivity index (χ0v) is 27.3. The molecule has 6 heteroatoms. The summed E-state index contributed by atoms with van der Waals surface area (Å²) in [5.41, 5.74) is -0.875. The minimum Gasteiger partial charge on any atom is -0.481 e. The van der Waals surface area contributed by atoms with E-state index in [1.807, 2.05) is 0 Å². The summed E-state index contributed by atoms with van der Waals surface area (Å²) in [6.45, 7) is 15.2. The molecule has 5 aliphatic carbocycles. The van der Waals surface area contributed by atoms with E-state index in [0.29, 0.717) is 37.2 Å². The number of hydrogen-bond acceptors (Lipinski definition) is 5. The number of carboxylic acid groups (broad SMARTS) is 1. The van der Waals surface area contributed by atoms with Crippen molar-refractivity contribution in [3.63, 3.8) is 0 Å². The van der Waals surface area contributed by atoms with Crippen LogP contribution in [0.15, 0.2) is 0 Å². The fourth-order valence-corrected chi connectivity index (χ4v) is 12.8. The van der Waals surface area contributed by atoms with E-state index >= 15 is 0 Å². The van der Waals surface area contributed by atoms with E-state index in [2.05, 4.69) is 41.5 Å². The van der Waals surface area contributed by atoms with Gasteiger partial charge >= 0.3 is 11.9 Å². The molecule has 6 rings (SSSR count). The molecule has 238 valence electrons. The number of carbonyl (C=O) groups excluding carboxylic acids is 1. The first-order valence-electron chi connectivity index (χ1n) is 17.4. The van der Waals surface area contributed by atoms with Crippen molar-refractivity contribution in [3.05, 3.63) is 0 Å². The Morgan fingerprint density at radius 2 is 1.57 bits per heavy atom. The summed E-state index contributed by atoms with van der Waals surface area (Å²) in [6.07, 6.45) is 13.0. The number of epoxide rings is 1. The molecule has 1 saturated heterocycles. The fourth-order valence-electron chi connectivity index (χ4n) is 12.8. The van der Waals surface area contributed by atoms with Crippen LogP contribution in [0.4, 0.5) is 0 Å². The van der Waals surface area contributed by atoms with Gasteiger partial charge in [0.05, 0.1) is 18.1 Å². The summed E-state index contributed by atoms with van der Waals surface area (Å²) in [6, 6.07) is 0. The average molecular weight is 587 g/mol. The monoisotopic (exact) mass is 586 g/mol. The van der Waals surface area contributed by atoms with Crippen LogP contribution in [0.25, 0.3) is 0 Å². The SMILES string of the molecule is CCCCCC(=O)OCC1([C@@H]2CC[C@]3(C(=O)O)CC[C@]4(C)C(CC[C@@H]5[C@@]6(C)CC[C@@H](O)C(C)(C)[C@@H]6CC[C@]54C)[C@H]23)CO1. The lowest BCUT2D eigenvalue weighted by Gasteiger charge is -2.72. The average Bonchev–Trinajstić information content (AvgIpc) is 3.61. The number of fused-ring (bicyclic) bond motifs is 7. The molecular weight excluding hydrogens is 528 g/mol. The Kier molecular flexibility index (Phi) is 7.49. The second-order valence-electron chi connectivity index (χ2n) is 17.1. The van der Waals surface area contributed by atoms with Gasteiger partial charge in [0, 0.05) is 6.42 Å². The smallest absolute Gasteiger partial charge is 0.309 e. The number of rotatable bonds is 8. The minimum absolute atomic E-state index is 0.0583. The van der Waals surface area contributed by atoms with Gasteiger partial charge in [0.15, 0.2) is 0 Å². The Balaban J connectivity index is 1.30. The Hall–Kier alpha value is -1.14. The zero-order valence-electron chi connectivity index (χ0n) is 27.3. The van der Waals surface area contributed by atoms with Crippen LogP contribution in [-0.2, 0) is 19.1 Å². The van der Waals surface area contributed by atoms with Crippen LogP contribution >= 0.6 is 0 Å². The van der Waals surface area contributed by atoms with E-state index in [0.717, 1.165) is 77.0 Å². The molecular formula is C36H58O6. The fraction of sp³-hybridized carbons (Fsp3) is 0.944. The molecule has 0 spiro atoms. The molecule has 42 heavy (non-hydrogen) atoms. The molecule has 5 saturated carbocycles. The quantitative estimate of drug-likeness (QED) is 0.175. The molecule has 0 amide bonds. The Bertz CT molecular complexity index is 1080. The van der Waals surface area contributed by atoms with Crippen molar-refractivity contribution in [2.24, 2.45) is 56.7 Å². The molecule has 6 nitrogen and oxygen atoms in total. The van der Waals surface area contributed by atoms with Gasteiger partial charge < -0.3 is 19.7 Å². The molecule has 0 bridgehead atoms. The standard InChI is InChI=1S/C36H58O6/c1-7-8-9-10-28(38)41-21-36(22-42-36)24-13-18-35(30(39)40)20-19-33(5)23(29(24)35)11-12-26-32(4)16-15-27(37)31(2,3)25(32)14-17-34(26,33)6/h23-27,29,37H,7-22H2,1-6H3,(H,39,40)/t23?,24-,25+,26-,27-,29-,32+,33-,34-,35+,36?/m1/s1. The van der Waals surface area contributed by atoms with Crippen LogP contribution in [0.3, 0.4) is 0 Å². The van der Waals surface area contributed by atoms with E-state index < -0.39 is 17.0 Å². The maximum Gasteiger partial charge on any atom is 0.309 e. The lowest BCUT2D eigenvalue weighted by atomic mass is 9.32. The van der Waals surface area contributed by atoms with Gasteiger partial charge in [0.2, 0.25) is 0 Å². The molecule has 2 unspecified atom stereocenters. The summed E-state index contributed by atoms with van der Waals surface area (Å²) < 4.78 is 12.0. The van der Waals surface area contributed by atoms with Gasteiger partial charge in [0.25, 0.3) is 0 Å². The Labute approximate surface area is 254 Å². The number of unbranched alkanes of at least 4 members (excludes halogenated alkanes) is 2. The third kappa shape index (κ3) is 4.15. The van der Waals surface area contributed by atoms with E-state index in [1.54, 1.807) is 0 Å². The van der Waals surface area contributed by atoms with Crippen LogP contribution in [-0.4, -0.2) is 47.1 Å². The highest BCUT2D eigenvalue weighted by Crippen LogP contribution is 2.78. The van der Waals surface area contributed by atoms with Crippen molar-refractivity contribution in [2.75, 3.05) is 13.2 Å². The number of esters is 1. The maximum atomic E-state index is 13.2. The number of aliphatic hydroxyl groups excluding tert-OH is 1. The first kappa shape index (κ1) is 30.9.